The summed E-state index contributed by atoms with van der Waals surface area (Å²) in [5, 5.41) is 5.02. The first-order valence-corrected chi connectivity index (χ1v) is 7.71. The first-order chi connectivity index (χ1) is 11.2. The molecule has 3 aromatic rings. The third-order valence-corrected chi connectivity index (χ3v) is 3.93. The second-order valence-corrected chi connectivity index (χ2v) is 5.78. The molecule has 23 heavy (non-hydrogen) atoms. The fraction of sp³-hybridized carbons (Fsp3) is 0.0588. The van der Waals surface area contributed by atoms with Crippen LogP contribution in [0, 0.1) is 0 Å². The van der Waals surface area contributed by atoms with E-state index in [1.165, 1.54) is 0 Å². The highest BCUT2D eigenvalue weighted by atomic mass is 79.9. The van der Waals surface area contributed by atoms with Crippen LogP contribution in [0.15, 0.2) is 58.2 Å². The second kappa shape index (κ2) is 6.66. The second-order valence-electron chi connectivity index (χ2n) is 4.86. The molecule has 0 fully saturated rings. The molecule has 1 aromatic heterocycles. The molecule has 0 aliphatic carbocycles. The summed E-state index contributed by atoms with van der Waals surface area (Å²) >= 11 is 3.33. The van der Waals surface area contributed by atoms with Crippen LogP contribution in [0.4, 0.5) is 0 Å². The van der Waals surface area contributed by atoms with Gasteiger partial charge < -0.3 is 9.72 Å². The minimum absolute atomic E-state index is 0.254. The van der Waals surface area contributed by atoms with E-state index in [9.17, 15) is 4.79 Å². The number of aromatic amines is 1. The van der Waals surface area contributed by atoms with Crippen LogP contribution in [0.25, 0.3) is 10.9 Å². The number of carbonyl (C=O) groups is 1. The number of amides is 1. The van der Waals surface area contributed by atoms with Gasteiger partial charge in [-0.25, -0.2) is 5.43 Å². The van der Waals surface area contributed by atoms with Crippen molar-refractivity contribution in [3.8, 4) is 5.75 Å². The van der Waals surface area contributed by atoms with Gasteiger partial charge in [0, 0.05) is 38.8 Å². The Kier molecular flexibility index (Phi) is 4.43. The summed E-state index contributed by atoms with van der Waals surface area (Å²) in [6, 6.07) is 12.8. The number of halogens is 1. The van der Waals surface area contributed by atoms with E-state index >= 15 is 0 Å². The Balaban J connectivity index is 1.73. The number of ether oxygens (including phenoxy) is 1. The molecule has 0 unspecified atom stereocenters. The zero-order chi connectivity index (χ0) is 16.2. The zero-order valence-electron chi connectivity index (χ0n) is 12.3. The molecule has 1 heterocycles. The van der Waals surface area contributed by atoms with Gasteiger partial charge in [-0.3, -0.25) is 4.79 Å². The fourth-order valence-corrected chi connectivity index (χ4v) is 2.45. The number of hydrogen-bond donors (Lipinski definition) is 2. The molecular formula is C17H14BrN3O2. The number of methoxy groups -OCH3 is 1. The summed E-state index contributed by atoms with van der Waals surface area (Å²) in [6.07, 6.45) is 3.45. The maximum Gasteiger partial charge on any atom is 0.271 e. The summed E-state index contributed by atoms with van der Waals surface area (Å²) in [6.45, 7) is 0. The van der Waals surface area contributed by atoms with E-state index in [-0.39, 0.29) is 5.91 Å². The van der Waals surface area contributed by atoms with Gasteiger partial charge in [-0.15, -0.1) is 0 Å². The van der Waals surface area contributed by atoms with Crippen molar-refractivity contribution >= 4 is 39.0 Å². The van der Waals surface area contributed by atoms with E-state index in [4.69, 9.17) is 4.74 Å². The maximum absolute atomic E-state index is 12.0. The zero-order valence-corrected chi connectivity index (χ0v) is 13.9. The lowest BCUT2D eigenvalue weighted by atomic mass is 10.2. The largest absolute Gasteiger partial charge is 0.497 e. The number of hydrogen-bond acceptors (Lipinski definition) is 3. The first-order valence-electron chi connectivity index (χ1n) is 6.91. The van der Waals surface area contributed by atoms with Crippen LogP contribution in [0.1, 0.15) is 15.9 Å². The molecule has 6 heteroatoms. The standard InChI is InChI=1S/C17H14BrN3O2/c1-23-14-6-7-15-12(9-19-16(15)8-14)10-20-21-17(22)11-2-4-13(18)5-3-11/h2-10,19H,1H3,(H,21,22)/b20-10+. The number of benzene rings is 2. The lowest BCUT2D eigenvalue weighted by molar-refractivity contribution is 0.0955. The SMILES string of the molecule is COc1ccc2c(/C=N/NC(=O)c3ccc(Br)cc3)c[nH]c2c1. The third kappa shape index (κ3) is 3.43. The van der Waals surface area contributed by atoms with Gasteiger partial charge in [-0.1, -0.05) is 15.9 Å². The quantitative estimate of drug-likeness (QED) is 0.542. The topological polar surface area (TPSA) is 66.5 Å². The Labute approximate surface area is 141 Å². The third-order valence-electron chi connectivity index (χ3n) is 3.40. The molecule has 0 saturated heterocycles. The summed E-state index contributed by atoms with van der Waals surface area (Å²) in [4.78, 5) is 15.1. The van der Waals surface area contributed by atoms with Gasteiger partial charge in [0.05, 0.1) is 13.3 Å². The minimum Gasteiger partial charge on any atom is -0.497 e. The van der Waals surface area contributed by atoms with Crippen LogP contribution < -0.4 is 10.2 Å². The van der Waals surface area contributed by atoms with Crippen molar-refractivity contribution in [2.75, 3.05) is 7.11 Å². The molecule has 116 valence electrons. The number of nitrogens with zero attached hydrogens (tertiary/aromatic N) is 1. The summed E-state index contributed by atoms with van der Waals surface area (Å²) in [5.41, 5.74) is 4.91. The molecule has 2 aromatic carbocycles. The van der Waals surface area contributed by atoms with Crippen LogP contribution >= 0.6 is 15.9 Å². The predicted octanol–water partition coefficient (Wildman–Crippen LogP) is 3.70. The van der Waals surface area contributed by atoms with Crippen molar-refractivity contribution in [2.45, 2.75) is 0 Å². The molecule has 5 nitrogen and oxygen atoms in total. The Morgan fingerprint density at radius 1 is 1.26 bits per heavy atom. The highest BCUT2D eigenvalue weighted by Gasteiger charge is 2.05. The molecule has 0 saturated carbocycles. The molecule has 3 rings (SSSR count). The van der Waals surface area contributed by atoms with Crippen molar-refractivity contribution in [1.29, 1.82) is 0 Å². The van der Waals surface area contributed by atoms with Crippen LogP contribution in [0.2, 0.25) is 0 Å². The van der Waals surface area contributed by atoms with Gasteiger partial charge in [0.25, 0.3) is 5.91 Å². The molecule has 2 N–H and O–H groups in total. The summed E-state index contributed by atoms with van der Waals surface area (Å²) in [5.74, 6) is 0.529. The summed E-state index contributed by atoms with van der Waals surface area (Å²) < 4.78 is 6.11. The number of carbonyl (C=O) groups excluding carboxylic acids is 1. The molecule has 0 aliphatic rings. The number of hydrazone groups is 1. The van der Waals surface area contributed by atoms with Crippen LogP contribution in [0.3, 0.4) is 0 Å². The predicted molar refractivity (Wildman–Crippen MR) is 94.1 cm³/mol. The number of nitrogens with one attached hydrogen (secondary N) is 2. The molecule has 0 aliphatic heterocycles. The average molecular weight is 372 g/mol. The highest BCUT2D eigenvalue weighted by molar-refractivity contribution is 9.10. The van der Waals surface area contributed by atoms with Gasteiger partial charge in [0.2, 0.25) is 0 Å². The molecule has 0 atom stereocenters. The fourth-order valence-electron chi connectivity index (χ4n) is 2.19. The van der Waals surface area contributed by atoms with Gasteiger partial charge in [0.1, 0.15) is 5.75 Å². The Morgan fingerprint density at radius 2 is 2.04 bits per heavy atom. The number of H-pyrrole nitrogens is 1. The van der Waals surface area contributed by atoms with E-state index in [1.54, 1.807) is 25.5 Å². The smallest absolute Gasteiger partial charge is 0.271 e. The van der Waals surface area contributed by atoms with Crippen molar-refractivity contribution in [1.82, 2.24) is 10.4 Å². The average Bonchev–Trinajstić information content (AvgIpc) is 2.97. The lowest BCUT2D eigenvalue weighted by Gasteiger charge is -2.00. The van der Waals surface area contributed by atoms with E-state index in [2.05, 4.69) is 31.4 Å². The van der Waals surface area contributed by atoms with Gasteiger partial charge in [0.15, 0.2) is 0 Å². The van der Waals surface area contributed by atoms with Gasteiger partial charge >= 0.3 is 0 Å². The highest BCUT2D eigenvalue weighted by Crippen LogP contribution is 2.22. The Morgan fingerprint density at radius 3 is 2.78 bits per heavy atom. The van der Waals surface area contributed by atoms with E-state index in [0.29, 0.717) is 5.56 Å². The van der Waals surface area contributed by atoms with Crippen molar-refractivity contribution in [3.05, 3.63) is 64.3 Å². The molecule has 0 radical (unpaired) electrons. The maximum atomic E-state index is 12.0. The number of aromatic nitrogens is 1. The molecular weight excluding hydrogens is 358 g/mol. The Bertz CT molecular complexity index is 869. The number of rotatable bonds is 4. The van der Waals surface area contributed by atoms with Crippen molar-refractivity contribution in [3.63, 3.8) is 0 Å². The first kappa shape index (κ1) is 15.3. The normalized spacial score (nSPS) is 11.0. The van der Waals surface area contributed by atoms with E-state index in [1.807, 2.05) is 36.5 Å². The van der Waals surface area contributed by atoms with Crippen molar-refractivity contribution in [2.24, 2.45) is 5.10 Å². The Hall–Kier alpha value is -2.60. The van der Waals surface area contributed by atoms with E-state index in [0.717, 1.165) is 26.7 Å². The molecule has 1 amide bonds. The molecule has 0 bridgehead atoms. The monoisotopic (exact) mass is 371 g/mol. The van der Waals surface area contributed by atoms with Crippen molar-refractivity contribution < 1.29 is 9.53 Å². The van der Waals surface area contributed by atoms with E-state index < -0.39 is 0 Å². The summed E-state index contributed by atoms with van der Waals surface area (Å²) in [7, 11) is 1.63. The minimum atomic E-state index is -0.254. The van der Waals surface area contributed by atoms with Crippen LogP contribution in [-0.4, -0.2) is 24.2 Å². The lowest BCUT2D eigenvalue weighted by Crippen LogP contribution is -2.17. The van der Waals surface area contributed by atoms with Gasteiger partial charge in [-0.05, 0) is 36.4 Å². The molecule has 0 spiro atoms. The van der Waals surface area contributed by atoms with Gasteiger partial charge in [-0.2, -0.15) is 5.10 Å². The van der Waals surface area contributed by atoms with Crippen LogP contribution in [-0.2, 0) is 0 Å². The number of fused-ring (bicyclic) bond motifs is 1. The van der Waals surface area contributed by atoms with Crippen LogP contribution in [0.5, 0.6) is 5.75 Å².